The molecule has 1 amide bonds. The molecule has 116 valence electrons. The van der Waals surface area contributed by atoms with Crippen molar-refractivity contribution in [3.63, 3.8) is 0 Å². The zero-order valence-electron chi connectivity index (χ0n) is 12.8. The van der Waals surface area contributed by atoms with E-state index >= 15 is 0 Å². The van der Waals surface area contributed by atoms with Crippen molar-refractivity contribution < 1.29 is 13.9 Å². The molecule has 2 rings (SSSR count). The van der Waals surface area contributed by atoms with Gasteiger partial charge in [0.05, 0.1) is 11.3 Å². The van der Waals surface area contributed by atoms with E-state index in [4.69, 9.17) is 4.74 Å². The lowest BCUT2D eigenvalue weighted by Gasteiger charge is -2.38. The molecule has 21 heavy (non-hydrogen) atoms. The van der Waals surface area contributed by atoms with Gasteiger partial charge in [0.1, 0.15) is 5.82 Å². The molecule has 0 radical (unpaired) electrons. The van der Waals surface area contributed by atoms with E-state index in [2.05, 4.69) is 24.5 Å². The van der Waals surface area contributed by atoms with Crippen molar-refractivity contribution >= 4 is 17.3 Å². The maximum absolute atomic E-state index is 13.9. The third-order valence-electron chi connectivity index (χ3n) is 3.99. The number of rotatable bonds is 4. The molecule has 0 aromatic heterocycles. The summed E-state index contributed by atoms with van der Waals surface area (Å²) in [4.78, 5) is 11.1. The summed E-state index contributed by atoms with van der Waals surface area (Å²) in [5.41, 5.74) is 0.866. The zero-order chi connectivity index (χ0) is 15.5. The van der Waals surface area contributed by atoms with Crippen molar-refractivity contribution in [3.05, 3.63) is 24.0 Å². The number of anilines is 2. The Morgan fingerprint density at radius 3 is 2.95 bits per heavy atom. The molecule has 0 aliphatic carbocycles. The third kappa shape index (κ3) is 4.17. The quantitative estimate of drug-likeness (QED) is 0.893. The summed E-state index contributed by atoms with van der Waals surface area (Å²) < 4.78 is 19.7. The van der Waals surface area contributed by atoms with Crippen LogP contribution in [0.25, 0.3) is 0 Å². The van der Waals surface area contributed by atoms with Crippen LogP contribution in [0.1, 0.15) is 40.0 Å². The van der Waals surface area contributed by atoms with Gasteiger partial charge < -0.3 is 15.4 Å². The SMILES string of the molecule is CCC1(C)CC(Nc2cc(NC(C)=O)ccc2F)CCO1. The predicted molar refractivity (Wildman–Crippen MR) is 82.0 cm³/mol. The van der Waals surface area contributed by atoms with Crippen LogP contribution in [0.2, 0.25) is 0 Å². The fraction of sp³-hybridized carbons (Fsp3) is 0.562. The van der Waals surface area contributed by atoms with Crippen LogP contribution in [-0.4, -0.2) is 24.2 Å². The number of carbonyl (C=O) groups excluding carboxylic acids is 1. The molecule has 4 nitrogen and oxygen atoms in total. The second-order valence-electron chi connectivity index (χ2n) is 5.86. The number of amides is 1. The molecule has 1 aromatic rings. The zero-order valence-corrected chi connectivity index (χ0v) is 12.8. The van der Waals surface area contributed by atoms with E-state index in [1.807, 2.05) is 0 Å². The normalized spacial score (nSPS) is 25.4. The van der Waals surface area contributed by atoms with E-state index in [9.17, 15) is 9.18 Å². The smallest absolute Gasteiger partial charge is 0.221 e. The molecule has 2 atom stereocenters. The number of carbonyl (C=O) groups is 1. The van der Waals surface area contributed by atoms with Crippen molar-refractivity contribution in [2.24, 2.45) is 0 Å². The van der Waals surface area contributed by atoms with Gasteiger partial charge in [-0.15, -0.1) is 0 Å². The van der Waals surface area contributed by atoms with Crippen LogP contribution in [-0.2, 0) is 9.53 Å². The lowest BCUT2D eigenvalue weighted by Crippen LogP contribution is -2.42. The van der Waals surface area contributed by atoms with Gasteiger partial charge in [0.15, 0.2) is 0 Å². The Balaban J connectivity index is 2.09. The number of ether oxygens (including phenoxy) is 1. The van der Waals surface area contributed by atoms with Crippen LogP contribution >= 0.6 is 0 Å². The molecule has 0 spiro atoms. The Morgan fingerprint density at radius 1 is 1.52 bits per heavy atom. The topological polar surface area (TPSA) is 50.4 Å². The largest absolute Gasteiger partial charge is 0.380 e. The van der Waals surface area contributed by atoms with Gasteiger partial charge in [-0.2, -0.15) is 0 Å². The van der Waals surface area contributed by atoms with Gasteiger partial charge in [-0.3, -0.25) is 4.79 Å². The van der Waals surface area contributed by atoms with Gasteiger partial charge in [-0.1, -0.05) is 6.92 Å². The Hall–Kier alpha value is -1.62. The molecular weight excluding hydrogens is 271 g/mol. The van der Waals surface area contributed by atoms with Gasteiger partial charge in [-0.25, -0.2) is 4.39 Å². The number of hydrogen-bond acceptors (Lipinski definition) is 3. The standard InChI is InChI=1S/C16H23FN2O2/c1-4-16(3)10-13(7-8-21-16)19-15-9-12(18-11(2)20)5-6-14(15)17/h5-6,9,13,19H,4,7-8,10H2,1-3H3,(H,18,20). The highest BCUT2D eigenvalue weighted by atomic mass is 19.1. The van der Waals surface area contributed by atoms with E-state index in [1.54, 1.807) is 12.1 Å². The number of nitrogens with one attached hydrogen (secondary N) is 2. The Kier molecular flexibility index (Phi) is 4.83. The lowest BCUT2D eigenvalue weighted by molar-refractivity contribution is -0.114. The van der Waals surface area contributed by atoms with Gasteiger partial charge in [0, 0.05) is 25.3 Å². The second kappa shape index (κ2) is 6.43. The van der Waals surface area contributed by atoms with E-state index in [1.165, 1.54) is 13.0 Å². The highest BCUT2D eigenvalue weighted by Crippen LogP contribution is 2.30. The van der Waals surface area contributed by atoms with Crippen molar-refractivity contribution in [2.45, 2.75) is 51.7 Å². The molecule has 1 saturated heterocycles. The highest BCUT2D eigenvalue weighted by Gasteiger charge is 2.31. The van der Waals surface area contributed by atoms with Crippen molar-refractivity contribution in [1.29, 1.82) is 0 Å². The summed E-state index contributed by atoms with van der Waals surface area (Å²) in [6.45, 7) is 6.29. The first-order valence-corrected chi connectivity index (χ1v) is 7.39. The highest BCUT2D eigenvalue weighted by molar-refractivity contribution is 5.89. The molecule has 1 fully saturated rings. The fourth-order valence-corrected chi connectivity index (χ4v) is 2.64. The maximum Gasteiger partial charge on any atom is 0.221 e. The van der Waals surface area contributed by atoms with Crippen LogP contribution in [0.15, 0.2) is 18.2 Å². The van der Waals surface area contributed by atoms with Gasteiger partial charge in [0.25, 0.3) is 0 Å². The fourth-order valence-electron chi connectivity index (χ4n) is 2.64. The summed E-state index contributed by atoms with van der Waals surface area (Å²) in [7, 11) is 0. The Bertz CT molecular complexity index is 521. The summed E-state index contributed by atoms with van der Waals surface area (Å²) in [5.74, 6) is -0.481. The molecular formula is C16H23FN2O2. The van der Waals surface area contributed by atoms with Crippen molar-refractivity contribution in [1.82, 2.24) is 0 Å². The van der Waals surface area contributed by atoms with E-state index in [-0.39, 0.29) is 23.4 Å². The van der Waals surface area contributed by atoms with Crippen LogP contribution in [0, 0.1) is 5.82 Å². The summed E-state index contributed by atoms with van der Waals surface area (Å²) in [6.07, 6.45) is 2.62. The number of hydrogen-bond donors (Lipinski definition) is 2. The minimum atomic E-state index is -0.311. The first-order chi connectivity index (χ1) is 9.92. The average Bonchev–Trinajstić information content (AvgIpc) is 2.42. The molecule has 1 aromatic carbocycles. The van der Waals surface area contributed by atoms with Crippen LogP contribution in [0.5, 0.6) is 0 Å². The molecule has 1 aliphatic rings. The summed E-state index contributed by atoms with van der Waals surface area (Å²) in [5, 5.41) is 5.91. The summed E-state index contributed by atoms with van der Waals surface area (Å²) >= 11 is 0. The van der Waals surface area contributed by atoms with Gasteiger partial charge in [0.2, 0.25) is 5.91 Å². The molecule has 5 heteroatoms. The van der Waals surface area contributed by atoms with E-state index in [0.717, 1.165) is 19.3 Å². The maximum atomic E-state index is 13.9. The van der Waals surface area contributed by atoms with Crippen LogP contribution < -0.4 is 10.6 Å². The molecule has 0 bridgehead atoms. The van der Waals surface area contributed by atoms with Crippen molar-refractivity contribution in [2.75, 3.05) is 17.2 Å². The van der Waals surface area contributed by atoms with Gasteiger partial charge >= 0.3 is 0 Å². The summed E-state index contributed by atoms with van der Waals surface area (Å²) in [6, 6.07) is 4.73. The first-order valence-electron chi connectivity index (χ1n) is 7.39. The molecule has 1 heterocycles. The average molecular weight is 294 g/mol. The molecule has 2 N–H and O–H groups in total. The lowest BCUT2D eigenvalue weighted by atomic mass is 9.90. The predicted octanol–water partition coefficient (Wildman–Crippen LogP) is 3.54. The molecule has 1 aliphatic heterocycles. The number of halogens is 1. The van der Waals surface area contributed by atoms with Gasteiger partial charge in [-0.05, 0) is 44.4 Å². The third-order valence-corrected chi connectivity index (χ3v) is 3.99. The minimum absolute atomic E-state index is 0.151. The second-order valence-corrected chi connectivity index (χ2v) is 5.86. The van der Waals surface area contributed by atoms with E-state index < -0.39 is 0 Å². The first kappa shape index (κ1) is 15.8. The Labute approximate surface area is 125 Å². The minimum Gasteiger partial charge on any atom is -0.380 e. The molecule has 2 unspecified atom stereocenters. The molecule has 0 saturated carbocycles. The number of benzene rings is 1. The Morgan fingerprint density at radius 2 is 2.29 bits per heavy atom. The van der Waals surface area contributed by atoms with Crippen LogP contribution in [0.3, 0.4) is 0 Å². The van der Waals surface area contributed by atoms with Crippen molar-refractivity contribution in [3.8, 4) is 0 Å². The van der Waals surface area contributed by atoms with E-state index in [0.29, 0.717) is 18.0 Å². The monoisotopic (exact) mass is 294 g/mol. The van der Waals surface area contributed by atoms with Crippen LogP contribution in [0.4, 0.5) is 15.8 Å².